The van der Waals surface area contributed by atoms with Crippen molar-refractivity contribution >= 4 is 37.3 Å². The molecule has 9 heteroatoms. The summed E-state index contributed by atoms with van der Waals surface area (Å²) in [6, 6.07) is 11.3. The second kappa shape index (κ2) is 7.46. The van der Waals surface area contributed by atoms with Gasteiger partial charge in [0.2, 0.25) is 15.9 Å². The quantitative estimate of drug-likeness (QED) is 0.775. The van der Waals surface area contributed by atoms with E-state index >= 15 is 0 Å². The van der Waals surface area contributed by atoms with Gasteiger partial charge in [0.1, 0.15) is 0 Å². The molecule has 2 aromatic rings. The minimum absolute atomic E-state index is 0.0249. The Kier molecular flexibility index (Phi) is 5.48. The van der Waals surface area contributed by atoms with Crippen molar-refractivity contribution in [1.29, 1.82) is 0 Å². The van der Waals surface area contributed by atoms with Gasteiger partial charge in [0.05, 0.1) is 27.9 Å². The molecule has 1 heterocycles. The molecule has 0 spiro atoms. The van der Waals surface area contributed by atoms with Gasteiger partial charge >= 0.3 is 0 Å². The predicted octanol–water partition coefficient (Wildman–Crippen LogP) is 3.23. The van der Waals surface area contributed by atoms with Gasteiger partial charge in [-0.1, -0.05) is 39.0 Å². The molecular formula is C20H24N2O5S2. The SMILES string of the molecule is Cc1cc(N2C(=O)C(C)CS2(=O)=O)ccc1S(=O)(=O)Nc1ccccc1C(C)C. The Bertz CT molecular complexity index is 1170. The highest BCUT2D eigenvalue weighted by atomic mass is 32.2. The molecule has 1 unspecified atom stereocenters. The van der Waals surface area contributed by atoms with E-state index in [0.29, 0.717) is 11.3 Å². The van der Waals surface area contributed by atoms with E-state index in [1.807, 2.05) is 26.0 Å². The van der Waals surface area contributed by atoms with Gasteiger partial charge in [0.15, 0.2) is 0 Å². The van der Waals surface area contributed by atoms with Gasteiger partial charge in [0, 0.05) is 0 Å². The maximum Gasteiger partial charge on any atom is 0.262 e. The largest absolute Gasteiger partial charge is 0.279 e. The summed E-state index contributed by atoms with van der Waals surface area (Å²) in [4.78, 5) is 12.3. The van der Waals surface area contributed by atoms with Crippen molar-refractivity contribution in [3.63, 3.8) is 0 Å². The fourth-order valence-corrected chi connectivity index (χ4v) is 6.57. The van der Waals surface area contributed by atoms with Crippen LogP contribution in [0.2, 0.25) is 0 Å². The molecule has 1 fully saturated rings. The Balaban J connectivity index is 1.98. The lowest BCUT2D eigenvalue weighted by atomic mass is 10.0. The number of hydrogen-bond acceptors (Lipinski definition) is 5. The van der Waals surface area contributed by atoms with Crippen molar-refractivity contribution in [2.24, 2.45) is 5.92 Å². The molecule has 1 aliphatic rings. The third-order valence-electron chi connectivity index (χ3n) is 4.87. The molecule has 0 radical (unpaired) electrons. The van der Waals surface area contributed by atoms with Gasteiger partial charge in [-0.3, -0.25) is 9.52 Å². The molecule has 7 nitrogen and oxygen atoms in total. The number of aryl methyl sites for hydroxylation is 1. The standard InChI is InChI=1S/C20H24N2O5S2/c1-13(2)17-7-5-6-8-18(17)21-29(26,27)19-10-9-16(11-14(19)3)22-20(23)15(4)12-28(22,24)25/h5-11,13,15,21H,12H2,1-4H3. The molecule has 1 aliphatic heterocycles. The van der Waals surface area contributed by atoms with Crippen LogP contribution >= 0.6 is 0 Å². The van der Waals surface area contributed by atoms with E-state index in [2.05, 4.69) is 4.72 Å². The Morgan fingerprint density at radius 3 is 2.34 bits per heavy atom. The normalized spacial score (nSPS) is 19.0. The maximum absolute atomic E-state index is 13.0. The maximum atomic E-state index is 13.0. The molecule has 0 aliphatic carbocycles. The molecule has 29 heavy (non-hydrogen) atoms. The number of anilines is 2. The van der Waals surface area contributed by atoms with Gasteiger partial charge in [-0.2, -0.15) is 0 Å². The molecule has 0 aromatic heterocycles. The number of benzene rings is 2. The third-order valence-corrected chi connectivity index (χ3v) is 8.26. The van der Waals surface area contributed by atoms with Gasteiger partial charge in [-0.25, -0.2) is 21.1 Å². The zero-order chi connectivity index (χ0) is 21.6. The summed E-state index contributed by atoms with van der Waals surface area (Å²) in [6.45, 7) is 7.08. The lowest BCUT2D eigenvalue weighted by Crippen LogP contribution is -2.30. The van der Waals surface area contributed by atoms with Crippen LogP contribution in [0.25, 0.3) is 0 Å². The van der Waals surface area contributed by atoms with Gasteiger partial charge in [-0.05, 0) is 48.2 Å². The Labute approximate surface area is 171 Å². The number of hydrogen-bond donors (Lipinski definition) is 1. The first kappa shape index (κ1) is 21.3. The van der Waals surface area contributed by atoms with E-state index < -0.39 is 31.9 Å². The zero-order valence-electron chi connectivity index (χ0n) is 16.7. The number of rotatable bonds is 5. The lowest BCUT2D eigenvalue weighted by Gasteiger charge is -2.18. The van der Waals surface area contributed by atoms with Crippen LogP contribution < -0.4 is 9.03 Å². The summed E-state index contributed by atoms with van der Waals surface area (Å²) in [5.41, 5.74) is 1.86. The third kappa shape index (κ3) is 4.02. The highest BCUT2D eigenvalue weighted by molar-refractivity contribution is 7.94. The lowest BCUT2D eigenvalue weighted by molar-refractivity contribution is -0.119. The van der Waals surface area contributed by atoms with Crippen LogP contribution in [0.15, 0.2) is 47.4 Å². The van der Waals surface area contributed by atoms with E-state index in [-0.39, 0.29) is 22.3 Å². The van der Waals surface area contributed by atoms with Crippen molar-refractivity contribution in [3.05, 3.63) is 53.6 Å². The predicted molar refractivity (Wildman–Crippen MR) is 113 cm³/mol. The minimum atomic E-state index is -3.90. The summed E-state index contributed by atoms with van der Waals surface area (Å²) in [5.74, 6) is -1.26. The van der Waals surface area contributed by atoms with Gasteiger partial charge in [0.25, 0.3) is 10.0 Å². The highest BCUT2D eigenvalue weighted by Crippen LogP contribution is 2.32. The first-order chi connectivity index (χ1) is 13.4. The summed E-state index contributed by atoms with van der Waals surface area (Å²) in [6.07, 6.45) is 0. The molecule has 3 rings (SSSR count). The fraction of sp³-hybridized carbons (Fsp3) is 0.350. The van der Waals surface area contributed by atoms with Crippen molar-refractivity contribution in [1.82, 2.24) is 0 Å². The van der Waals surface area contributed by atoms with Crippen molar-refractivity contribution < 1.29 is 21.6 Å². The van der Waals surface area contributed by atoms with E-state index in [4.69, 9.17) is 0 Å². The molecule has 1 N–H and O–H groups in total. The van der Waals surface area contributed by atoms with Crippen molar-refractivity contribution in [3.8, 4) is 0 Å². The molecule has 156 valence electrons. The Morgan fingerprint density at radius 2 is 1.79 bits per heavy atom. The average molecular weight is 437 g/mol. The smallest absolute Gasteiger partial charge is 0.262 e. The van der Waals surface area contributed by atoms with E-state index in [9.17, 15) is 21.6 Å². The molecular weight excluding hydrogens is 412 g/mol. The zero-order valence-corrected chi connectivity index (χ0v) is 18.3. The minimum Gasteiger partial charge on any atom is -0.279 e. The number of carbonyl (C=O) groups is 1. The number of sulfonamides is 2. The van der Waals surface area contributed by atoms with Crippen molar-refractivity contribution in [2.75, 3.05) is 14.8 Å². The van der Waals surface area contributed by atoms with Crippen LogP contribution in [0.3, 0.4) is 0 Å². The van der Waals surface area contributed by atoms with Crippen LogP contribution in [0.4, 0.5) is 11.4 Å². The first-order valence-corrected chi connectivity index (χ1v) is 12.3. The van der Waals surface area contributed by atoms with E-state index in [1.54, 1.807) is 26.0 Å². The first-order valence-electron chi connectivity index (χ1n) is 9.23. The van der Waals surface area contributed by atoms with Crippen molar-refractivity contribution in [2.45, 2.75) is 38.5 Å². The Morgan fingerprint density at radius 1 is 1.14 bits per heavy atom. The molecule has 1 saturated heterocycles. The number of nitrogens with one attached hydrogen (secondary N) is 1. The average Bonchev–Trinajstić information content (AvgIpc) is 2.81. The van der Waals surface area contributed by atoms with Crippen LogP contribution in [0.1, 0.15) is 37.8 Å². The number of para-hydroxylation sites is 1. The van der Waals surface area contributed by atoms with Crippen LogP contribution in [-0.2, 0) is 24.8 Å². The van der Waals surface area contributed by atoms with Crippen LogP contribution in [0.5, 0.6) is 0 Å². The molecule has 0 saturated carbocycles. The number of nitrogens with zero attached hydrogens (tertiary/aromatic N) is 1. The second-order valence-corrected chi connectivity index (χ2v) is 11.1. The van der Waals surface area contributed by atoms with Crippen LogP contribution in [0, 0.1) is 12.8 Å². The molecule has 0 bridgehead atoms. The topological polar surface area (TPSA) is 101 Å². The van der Waals surface area contributed by atoms with Crippen LogP contribution in [-0.4, -0.2) is 28.5 Å². The Hall–Kier alpha value is -2.39. The monoisotopic (exact) mass is 436 g/mol. The van der Waals surface area contributed by atoms with Gasteiger partial charge in [-0.15, -0.1) is 0 Å². The summed E-state index contributed by atoms with van der Waals surface area (Å²) >= 11 is 0. The summed E-state index contributed by atoms with van der Waals surface area (Å²) in [5, 5.41) is 0. The molecule has 1 amide bonds. The molecule has 1 atom stereocenters. The number of carbonyl (C=O) groups excluding carboxylic acids is 1. The second-order valence-electron chi connectivity index (χ2n) is 7.58. The summed E-state index contributed by atoms with van der Waals surface area (Å²) < 4.78 is 53.9. The number of amides is 1. The summed E-state index contributed by atoms with van der Waals surface area (Å²) in [7, 11) is -7.64. The van der Waals surface area contributed by atoms with E-state index in [0.717, 1.165) is 9.87 Å². The highest BCUT2D eigenvalue weighted by Gasteiger charge is 2.42. The molecule has 2 aromatic carbocycles. The van der Waals surface area contributed by atoms with E-state index in [1.165, 1.54) is 18.2 Å². The van der Waals surface area contributed by atoms with Gasteiger partial charge < -0.3 is 0 Å². The fourth-order valence-electron chi connectivity index (χ4n) is 3.44.